The molecule has 1 aliphatic rings. The molecule has 0 aliphatic carbocycles. The zero-order chi connectivity index (χ0) is 21.5. The van der Waals surface area contributed by atoms with Gasteiger partial charge in [0.25, 0.3) is 0 Å². The van der Waals surface area contributed by atoms with Crippen molar-refractivity contribution in [3.05, 3.63) is 94.0 Å². The molecule has 4 heteroatoms. The Balaban J connectivity index is 1.70. The van der Waals surface area contributed by atoms with Gasteiger partial charge in [-0.3, -0.25) is 9.79 Å². The quantitative estimate of drug-likeness (QED) is 0.362. The summed E-state index contributed by atoms with van der Waals surface area (Å²) in [7, 11) is 2.14. The Morgan fingerprint density at radius 1 is 1.07 bits per heavy atom. The number of fused-ring (bicyclic) bond motifs is 1. The minimum Gasteiger partial charge on any atom is -0.371 e. The molecule has 0 spiro atoms. The first-order valence-corrected chi connectivity index (χ1v) is 10.5. The van der Waals surface area contributed by atoms with Gasteiger partial charge in [-0.1, -0.05) is 61.8 Å². The summed E-state index contributed by atoms with van der Waals surface area (Å²) in [5, 5.41) is 0.518. The number of hydrogen-bond donors (Lipinski definition) is 0. The van der Waals surface area contributed by atoms with Crippen LogP contribution in [-0.4, -0.2) is 25.1 Å². The van der Waals surface area contributed by atoms with Gasteiger partial charge in [0.2, 0.25) is 0 Å². The van der Waals surface area contributed by atoms with Gasteiger partial charge in [-0.25, -0.2) is 0 Å². The average Bonchev–Trinajstić information content (AvgIpc) is 2.93. The second-order valence-corrected chi connectivity index (χ2v) is 8.84. The molecule has 30 heavy (non-hydrogen) atoms. The fourth-order valence-corrected chi connectivity index (χ4v) is 4.24. The second-order valence-electron chi connectivity index (χ2n) is 8.40. The third-order valence-electron chi connectivity index (χ3n) is 6.31. The molecule has 0 fully saturated rings. The van der Waals surface area contributed by atoms with Gasteiger partial charge in [-0.15, -0.1) is 0 Å². The van der Waals surface area contributed by atoms with Crippen LogP contribution in [0.3, 0.4) is 0 Å². The van der Waals surface area contributed by atoms with Crippen molar-refractivity contribution in [2.75, 3.05) is 11.9 Å². The number of carbonyl (C=O) groups is 1. The van der Waals surface area contributed by atoms with E-state index in [0.29, 0.717) is 27.9 Å². The molecule has 0 radical (unpaired) electrons. The van der Waals surface area contributed by atoms with Crippen molar-refractivity contribution >= 4 is 35.0 Å². The summed E-state index contributed by atoms with van der Waals surface area (Å²) in [6, 6.07) is 21.3. The molecule has 1 aliphatic heterocycles. The highest BCUT2D eigenvalue weighted by Gasteiger charge is 2.40. The third kappa shape index (κ3) is 3.54. The number of aliphatic imine (C=N–C) groups is 1. The second kappa shape index (κ2) is 7.73. The minimum atomic E-state index is -0.0872. The fraction of sp³-hybridized carbons (Fsp3) is 0.231. The number of rotatable bonds is 4. The van der Waals surface area contributed by atoms with Crippen LogP contribution in [0.2, 0.25) is 5.02 Å². The first-order valence-electron chi connectivity index (χ1n) is 10.1. The number of nitrogens with zero attached hydrogens (tertiary/aromatic N) is 2. The Morgan fingerprint density at radius 2 is 1.80 bits per heavy atom. The maximum absolute atomic E-state index is 13.0. The van der Waals surface area contributed by atoms with Crippen molar-refractivity contribution in [1.82, 2.24) is 0 Å². The summed E-state index contributed by atoms with van der Waals surface area (Å²) in [4.78, 5) is 20.0. The molecular weight excluding hydrogens is 392 g/mol. The van der Waals surface area contributed by atoms with Crippen molar-refractivity contribution in [3.8, 4) is 0 Å². The molecule has 1 heterocycles. The van der Waals surface area contributed by atoms with Crippen molar-refractivity contribution in [2.45, 2.75) is 32.2 Å². The Kier molecular flexibility index (Phi) is 5.25. The number of carbonyl (C=O) groups excluding carboxylic acids is 1. The standard InChI is InChI=1S/C26H25ClN2O/c1-17-26(2,3)22-14-18(10-13-24(22)29(17)4)16-28-23-12-11-20(27)15-21(23)25(30)19-8-6-5-7-9-19/h5-17H,1-4H3/t17-/m0/s1. The topological polar surface area (TPSA) is 32.7 Å². The molecule has 0 unspecified atom stereocenters. The lowest BCUT2D eigenvalue weighted by atomic mass is 9.81. The molecular formula is C26H25ClN2O. The maximum Gasteiger partial charge on any atom is 0.195 e. The smallest absolute Gasteiger partial charge is 0.195 e. The molecule has 0 bridgehead atoms. The van der Waals surface area contributed by atoms with Crippen LogP contribution in [0.4, 0.5) is 11.4 Å². The van der Waals surface area contributed by atoms with Crippen molar-refractivity contribution in [1.29, 1.82) is 0 Å². The van der Waals surface area contributed by atoms with Crippen LogP contribution in [0.1, 0.15) is 47.8 Å². The SMILES string of the molecule is C[C@@H]1N(C)c2ccc(C=Nc3ccc(Cl)cc3C(=O)c3ccccc3)cc2C1(C)C. The molecule has 3 aromatic carbocycles. The minimum absolute atomic E-state index is 0.0582. The zero-order valence-corrected chi connectivity index (χ0v) is 18.4. The van der Waals surface area contributed by atoms with Gasteiger partial charge in [0.05, 0.1) is 5.69 Å². The van der Waals surface area contributed by atoms with Crippen LogP contribution < -0.4 is 4.90 Å². The third-order valence-corrected chi connectivity index (χ3v) is 6.55. The molecule has 0 amide bonds. The summed E-state index contributed by atoms with van der Waals surface area (Å²) >= 11 is 6.18. The van der Waals surface area contributed by atoms with E-state index in [1.165, 1.54) is 11.3 Å². The first-order chi connectivity index (χ1) is 14.3. The number of ketones is 1. The van der Waals surface area contributed by atoms with Crippen molar-refractivity contribution in [2.24, 2.45) is 4.99 Å². The van der Waals surface area contributed by atoms with Crippen LogP contribution in [-0.2, 0) is 5.41 Å². The number of hydrogen-bond acceptors (Lipinski definition) is 3. The normalized spacial score (nSPS) is 17.4. The first kappa shape index (κ1) is 20.4. The molecule has 3 aromatic rings. The van der Waals surface area contributed by atoms with Gasteiger partial charge in [0.1, 0.15) is 0 Å². The zero-order valence-electron chi connectivity index (χ0n) is 17.7. The van der Waals surface area contributed by atoms with Gasteiger partial charge in [-0.05, 0) is 48.4 Å². The molecule has 4 rings (SSSR count). The van der Waals surface area contributed by atoms with Crippen LogP contribution >= 0.6 is 11.6 Å². The number of likely N-dealkylation sites (N-methyl/N-ethyl adjacent to an activating group) is 1. The summed E-state index contributed by atoms with van der Waals surface area (Å²) < 4.78 is 0. The Labute approximate surface area is 183 Å². The lowest BCUT2D eigenvalue weighted by Gasteiger charge is -2.28. The van der Waals surface area contributed by atoms with Crippen LogP contribution in [0, 0.1) is 0 Å². The molecule has 0 aromatic heterocycles. The summed E-state index contributed by atoms with van der Waals surface area (Å²) in [6.07, 6.45) is 1.82. The molecule has 152 valence electrons. The van der Waals surface area contributed by atoms with Crippen molar-refractivity contribution < 1.29 is 4.79 Å². The van der Waals surface area contributed by atoms with E-state index in [2.05, 4.69) is 55.9 Å². The van der Waals surface area contributed by atoms with E-state index in [0.717, 1.165) is 5.56 Å². The van der Waals surface area contributed by atoms with Gasteiger partial charge in [0.15, 0.2) is 5.78 Å². The molecule has 3 nitrogen and oxygen atoms in total. The molecule has 0 N–H and O–H groups in total. The van der Waals surface area contributed by atoms with Crippen molar-refractivity contribution in [3.63, 3.8) is 0 Å². The fourth-order valence-electron chi connectivity index (χ4n) is 4.07. The van der Waals surface area contributed by atoms with Crippen LogP contribution in [0.5, 0.6) is 0 Å². The number of halogens is 1. The van der Waals surface area contributed by atoms with Gasteiger partial charge < -0.3 is 4.90 Å². The van der Waals surface area contributed by atoms with E-state index < -0.39 is 0 Å². The number of benzene rings is 3. The largest absolute Gasteiger partial charge is 0.371 e. The predicted molar refractivity (Wildman–Crippen MR) is 126 cm³/mol. The van der Waals surface area contributed by atoms with E-state index in [1.54, 1.807) is 30.3 Å². The van der Waals surface area contributed by atoms with Gasteiger partial charge in [-0.2, -0.15) is 0 Å². The van der Waals surface area contributed by atoms with E-state index in [1.807, 2.05) is 24.4 Å². The Hall–Kier alpha value is -2.91. The monoisotopic (exact) mass is 416 g/mol. The molecule has 0 saturated carbocycles. The van der Waals surface area contributed by atoms with E-state index in [9.17, 15) is 4.79 Å². The summed E-state index contributed by atoms with van der Waals surface area (Å²) in [6.45, 7) is 6.80. The predicted octanol–water partition coefficient (Wildman–Crippen LogP) is 6.44. The van der Waals surface area contributed by atoms with Gasteiger partial charge >= 0.3 is 0 Å². The van der Waals surface area contributed by atoms with Gasteiger partial charge in [0, 0.05) is 46.6 Å². The summed E-state index contributed by atoms with van der Waals surface area (Å²) in [5.74, 6) is -0.0872. The highest BCUT2D eigenvalue weighted by molar-refractivity contribution is 6.31. The average molecular weight is 417 g/mol. The van der Waals surface area contributed by atoms with E-state index in [-0.39, 0.29) is 11.2 Å². The van der Waals surface area contributed by atoms with Crippen LogP contribution in [0.15, 0.2) is 71.7 Å². The number of anilines is 1. The maximum atomic E-state index is 13.0. The highest BCUT2D eigenvalue weighted by atomic mass is 35.5. The highest BCUT2D eigenvalue weighted by Crippen LogP contribution is 2.44. The lowest BCUT2D eigenvalue weighted by molar-refractivity contribution is 0.103. The molecule has 0 saturated heterocycles. The Bertz CT molecular complexity index is 1140. The van der Waals surface area contributed by atoms with E-state index >= 15 is 0 Å². The molecule has 1 atom stereocenters. The Morgan fingerprint density at radius 3 is 2.53 bits per heavy atom. The summed E-state index contributed by atoms with van der Waals surface area (Å²) in [5.41, 5.74) is 5.38. The van der Waals surface area contributed by atoms with E-state index in [4.69, 9.17) is 11.6 Å². The lowest BCUT2D eigenvalue weighted by Crippen LogP contribution is -2.36. The van der Waals surface area contributed by atoms with Crippen LogP contribution in [0.25, 0.3) is 0 Å².